The number of nitrogens with two attached hydrogens (primary N) is 2. The van der Waals surface area contributed by atoms with Gasteiger partial charge in [0.1, 0.15) is 0 Å². The molecule has 29 heavy (non-hydrogen) atoms. The van der Waals surface area contributed by atoms with Crippen LogP contribution < -0.4 is 22.1 Å². The first-order valence-electron chi connectivity index (χ1n) is 8.34. The molecule has 0 fully saturated rings. The Balaban J connectivity index is 1.73. The van der Waals surface area contributed by atoms with E-state index in [0.717, 1.165) is 0 Å². The van der Waals surface area contributed by atoms with Crippen molar-refractivity contribution < 1.29 is 14.2 Å². The molecule has 0 saturated heterocycles. The van der Waals surface area contributed by atoms with Gasteiger partial charge in [-0.1, -0.05) is 12.1 Å². The van der Waals surface area contributed by atoms with Gasteiger partial charge in [0.05, 0.1) is 0 Å². The molecule has 0 radical (unpaired) electrons. The van der Waals surface area contributed by atoms with Crippen LogP contribution >= 0.6 is 0 Å². The van der Waals surface area contributed by atoms with Gasteiger partial charge in [0.15, 0.2) is 11.6 Å². The zero-order chi connectivity index (χ0) is 20.4. The summed E-state index contributed by atoms with van der Waals surface area (Å²) in [6.45, 7) is 0. The molecule has 2 heterocycles. The minimum atomic E-state index is -0.558. The first-order chi connectivity index (χ1) is 14.0. The van der Waals surface area contributed by atoms with Gasteiger partial charge in [0.2, 0.25) is 23.1 Å². The topological polar surface area (TPSA) is 175 Å². The molecular formula is C18H14N8O3. The highest BCUT2D eigenvalue weighted by molar-refractivity contribution is 5.95. The zero-order valence-electron chi connectivity index (χ0n) is 14.8. The summed E-state index contributed by atoms with van der Waals surface area (Å²) in [6.07, 6.45) is 0. The number of hydrogen-bond donors (Lipinski definition) is 4. The molecule has 11 heteroatoms. The maximum absolute atomic E-state index is 11.4. The second kappa shape index (κ2) is 7.23. The molecule has 0 atom stereocenters. The van der Waals surface area contributed by atoms with Gasteiger partial charge in [-0.3, -0.25) is 9.59 Å². The molecule has 4 aromatic rings. The summed E-state index contributed by atoms with van der Waals surface area (Å²) in [7, 11) is 0. The highest BCUT2D eigenvalue weighted by Gasteiger charge is 2.14. The summed E-state index contributed by atoms with van der Waals surface area (Å²) < 4.78 is 4.67. The molecule has 0 unspecified atom stereocenters. The average Bonchev–Trinajstić information content (AvgIpc) is 3.16. The van der Waals surface area contributed by atoms with Crippen molar-refractivity contribution in [2.45, 2.75) is 0 Å². The lowest BCUT2D eigenvalue weighted by Gasteiger charge is -2.12. The van der Waals surface area contributed by atoms with Crippen molar-refractivity contribution in [3.05, 3.63) is 59.7 Å². The van der Waals surface area contributed by atoms with Gasteiger partial charge < -0.3 is 22.1 Å². The molecule has 0 spiro atoms. The summed E-state index contributed by atoms with van der Waals surface area (Å²) in [5.74, 6) is -0.534. The summed E-state index contributed by atoms with van der Waals surface area (Å²) in [4.78, 5) is 31.5. The molecule has 2 aromatic heterocycles. The number of fused-ring (bicyclic) bond motifs is 1. The van der Waals surface area contributed by atoms with E-state index in [4.69, 9.17) is 11.5 Å². The number of primary amides is 2. The Kier molecular flexibility index (Phi) is 4.45. The highest BCUT2D eigenvalue weighted by atomic mass is 16.6. The third-order valence-corrected chi connectivity index (χ3v) is 3.93. The first-order valence-corrected chi connectivity index (χ1v) is 8.34. The number of carbonyl (C=O) groups excluding carboxylic acids is 2. The van der Waals surface area contributed by atoms with Crippen molar-refractivity contribution in [1.29, 1.82) is 0 Å². The number of hydrogen-bond acceptors (Lipinski definition) is 9. The Bertz CT molecular complexity index is 1140. The fourth-order valence-corrected chi connectivity index (χ4v) is 2.59. The van der Waals surface area contributed by atoms with Crippen molar-refractivity contribution in [1.82, 2.24) is 20.3 Å². The van der Waals surface area contributed by atoms with Crippen LogP contribution in [0.4, 0.5) is 23.0 Å². The molecule has 4 rings (SSSR count). The van der Waals surface area contributed by atoms with Crippen LogP contribution in [0.1, 0.15) is 20.7 Å². The van der Waals surface area contributed by atoms with E-state index in [1.165, 1.54) is 0 Å². The average molecular weight is 390 g/mol. The van der Waals surface area contributed by atoms with Crippen molar-refractivity contribution in [2.24, 2.45) is 11.5 Å². The molecule has 144 valence electrons. The molecule has 0 bridgehead atoms. The van der Waals surface area contributed by atoms with Crippen LogP contribution in [0.2, 0.25) is 0 Å². The summed E-state index contributed by atoms with van der Waals surface area (Å²) in [5, 5.41) is 13.5. The highest BCUT2D eigenvalue weighted by Crippen LogP contribution is 2.27. The maximum Gasteiger partial charge on any atom is 0.248 e. The Hall–Kier alpha value is -4.54. The minimum absolute atomic E-state index is 0.190. The monoisotopic (exact) mass is 390 g/mol. The van der Waals surface area contributed by atoms with Gasteiger partial charge in [-0.2, -0.15) is 0 Å². The summed E-state index contributed by atoms with van der Waals surface area (Å²) >= 11 is 0. The molecular weight excluding hydrogens is 376 g/mol. The number of amides is 2. The van der Waals surface area contributed by atoms with Gasteiger partial charge in [-0.05, 0) is 46.7 Å². The predicted octanol–water partition coefficient (Wildman–Crippen LogP) is 1.70. The molecule has 6 N–H and O–H groups in total. The largest absolute Gasteiger partial charge is 0.366 e. The van der Waals surface area contributed by atoms with E-state index in [1.807, 2.05) is 0 Å². The molecule has 11 nitrogen and oxygen atoms in total. The number of nitrogens with zero attached hydrogens (tertiary/aromatic N) is 4. The molecule has 2 aromatic carbocycles. The van der Waals surface area contributed by atoms with Gasteiger partial charge in [0, 0.05) is 22.5 Å². The van der Waals surface area contributed by atoms with Crippen LogP contribution in [0, 0.1) is 0 Å². The number of aromatic nitrogens is 4. The van der Waals surface area contributed by atoms with Crippen LogP contribution in [0.3, 0.4) is 0 Å². The maximum atomic E-state index is 11.4. The van der Waals surface area contributed by atoms with Gasteiger partial charge >= 0.3 is 0 Å². The van der Waals surface area contributed by atoms with Crippen LogP contribution in [0.25, 0.3) is 11.3 Å². The van der Waals surface area contributed by atoms with Crippen LogP contribution in [-0.4, -0.2) is 32.1 Å². The lowest BCUT2D eigenvalue weighted by Crippen LogP contribution is -2.11. The van der Waals surface area contributed by atoms with Crippen molar-refractivity contribution in [3.63, 3.8) is 0 Å². The Labute approximate surface area is 163 Å². The summed E-state index contributed by atoms with van der Waals surface area (Å²) in [6, 6.07) is 13.2. The number of rotatable bonds is 6. The Morgan fingerprint density at radius 2 is 1.21 bits per heavy atom. The number of carbonyl (C=O) groups is 2. The number of benzene rings is 2. The predicted molar refractivity (Wildman–Crippen MR) is 104 cm³/mol. The first kappa shape index (κ1) is 17.9. The second-order valence-corrected chi connectivity index (χ2v) is 5.97. The van der Waals surface area contributed by atoms with Crippen LogP contribution in [0.5, 0.6) is 0 Å². The van der Waals surface area contributed by atoms with E-state index >= 15 is 0 Å². The molecule has 0 aliphatic heterocycles. The molecule has 0 saturated carbocycles. The van der Waals surface area contributed by atoms with E-state index in [0.29, 0.717) is 34.1 Å². The SMILES string of the molecule is NC(=O)c1cccc(Nc2nc3nonc3nc2Nc2cccc(C(N)=O)c2)c1. The second-order valence-electron chi connectivity index (χ2n) is 5.97. The van der Waals surface area contributed by atoms with E-state index in [2.05, 4.69) is 35.5 Å². The zero-order valence-corrected chi connectivity index (χ0v) is 14.8. The van der Waals surface area contributed by atoms with E-state index < -0.39 is 11.8 Å². The standard InChI is InChI=1S/C18H14N8O3/c19-13(27)9-3-1-5-11(7-9)21-15-16(24-18-17(23-15)25-29-26-18)22-12-6-2-4-10(8-12)14(20)28/h1-8H,(H2,19,27)(H2,20,28)(H,21,23,25)(H,22,24,26). The molecule has 2 amide bonds. The number of anilines is 4. The van der Waals surface area contributed by atoms with E-state index in [9.17, 15) is 9.59 Å². The lowest BCUT2D eigenvalue weighted by molar-refractivity contribution is 0.0992. The van der Waals surface area contributed by atoms with Crippen LogP contribution in [0.15, 0.2) is 53.2 Å². The number of nitrogens with one attached hydrogen (secondary N) is 2. The van der Waals surface area contributed by atoms with Gasteiger partial charge in [-0.15, -0.1) is 0 Å². The van der Waals surface area contributed by atoms with E-state index in [-0.39, 0.29) is 11.3 Å². The molecule has 0 aliphatic carbocycles. The van der Waals surface area contributed by atoms with Gasteiger partial charge in [0.25, 0.3) is 0 Å². The molecule has 0 aliphatic rings. The lowest BCUT2D eigenvalue weighted by atomic mass is 10.2. The third kappa shape index (κ3) is 3.78. The van der Waals surface area contributed by atoms with E-state index in [1.54, 1.807) is 48.5 Å². The fourth-order valence-electron chi connectivity index (χ4n) is 2.59. The third-order valence-electron chi connectivity index (χ3n) is 3.93. The van der Waals surface area contributed by atoms with Crippen molar-refractivity contribution >= 4 is 46.1 Å². The minimum Gasteiger partial charge on any atom is -0.366 e. The fraction of sp³-hybridized carbons (Fsp3) is 0. The van der Waals surface area contributed by atoms with Crippen molar-refractivity contribution in [2.75, 3.05) is 10.6 Å². The quantitative estimate of drug-likeness (QED) is 0.382. The van der Waals surface area contributed by atoms with Gasteiger partial charge in [-0.25, -0.2) is 14.6 Å². The summed E-state index contributed by atoms with van der Waals surface area (Å²) in [5.41, 5.74) is 12.8. The van der Waals surface area contributed by atoms with Crippen molar-refractivity contribution in [3.8, 4) is 0 Å². The Morgan fingerprint density at radius 1 is 0.759 bits per heavy atom. The smallest absolute Gasteiger partial charge is 0.248 e. The normalized spacial score (nSPS) is 10.6. The van der Waals surface area contributed by atoms with Crippen LogP contribution in [-0.2, 0) is 0 Å². The Morgan fingerprint density at radius 3 is 1.62 bits per heavy atom.